The number of anilines is 2. The summed E-state index contributed by atoms with van der Waals surface area (Å²) in [4.78, 5) is 21.4. The minimum Gasteiger partial charge on any atom is -0.507 e. The molecule has 0 aromatic heterocycles. The lowest BCUT2D eigenvalue weighted by Gasteiger charge is -2.12. The Morgan fingerprint density at radius 3 is 1.70 bits per heavy atom. The number of aromatic carboxylic acids is 1. The van der Waals surface area contributed by atoms with E-state index in [1.54, 1.807) is 0 Å². The SMILES string of the molecule is O=C(Nc1ccc2c(O)cc(S(=O)(=O)O)cc2c1)Nc1ccc2c(O)c(N=Nc3cc(C(=O)O)c(O)c(S(=O)(=O)O)c3)c(S(=O)(=O)O)cc2c1. The fraction of sp³-hybridized carbons (Fsp3) is 0. The maximum atomic E-state index is 12.8. The van der Waals surface area contributed by atoms with E-state index >= 15 is 0 Å². The van der Waals surface area contributed by atoms with Gasteiger partial charge >= 0.3 is 12.0 Å². The van der Waals surface area contributed by atoms with Crippen molar-refractivity contribution in [1.29, 1.82) is 0 Å². The van der Waals surface area contributed by atoms with E-state index in [4.69, 9.17) is 0 Å². The van der Waals surface area contributed by atoms with Crippen molar-refractivity contribution in [1.82, 2.24) is 0 Å². The summed E-state index contributed by atoms with van der Waals surface area (Å²) in [7, 11) is -15.0. The first kappa shape index (κ1) is 35.4. The van der Waals surface area contributed by atoms with Crippen molar-refractivity contribution in [2.45, 2.75) is 14.7 Å². The number of hydrogen-bond acceptors (Lipinski definition) is 13. The van der Waals surface area contributed by atoms with Gasteiger partial charge in [-0.3, -0.25) is 13.7 Å². The highest BCUT2D eigenvalue weighted by Gasteiger charge is 2.25. The Kier molecular flexibility index (Phi) is 8.86. The molecule has 0 heterocycles. The van der Waals surface area contributed by atoms with Crippen LogP contribution in [0.2, 0.25) is 0 Å². The molecule has 0 radical (unpaired) electrons. The van der Waals surface area contributed by atoms with Gasteiger partial charge in [-0.2, -0.15) is 30.4 Å². The first-order chi connectivity index (χ1) is 23.1. The quantitative estimate of drug-likeness (QED) is 0.0773. The molecule has 0 saturated heterocycles. The van der Waals surface area contributed by atoms with Crippen molar-refractivity contribution in [3.63, 3.8) is 0 Å². The van der Waals surface area contributed by atoms with E-state index in [2.05, 4.69) is 20.9 Å². The van der Waals surface area contributed by atoms with Gasteiger partial charge < -0.3 is 31.1 Å². The number of aromatic hydroxyl groups is 3. The van der Waals surface area contributed by atoms with Crippen LogP contribution >= 0.6 is 0 Å². The van der Waals surface area contributed by atoms with Gasteiger partial charge in [0.05, 0.1) is 10.6 Å². The molecule has 50 heavy (non-hydrogen) atoms. The average Bonchev–Trinajstić information content (AvgIpc) is 2.99. The predicted octanol–water partition coefficient (Wildman–Crippen LogP) is 4.61. The van der Waals surface area contributed by atoms with E-state index in [9.17, 15) is 68.9 Å². The molecule has 0 atom stereocenters. The number of nitrogens with zero attached hydrogens (tertiary/aromatic N) is 2. The summed E-state index contributed by atoms with van der Waals surface area (Å²) >= 11 is 0. The van der Waals surface area contributed by atoms with Crippen LogP contribution in [-0.4, -0.2) is 71.3 Å². The molecule has 22 heteroatoms. The molecule has 2 amide bonds. The molecule has 5 aromatic rings. The number of phenolic OH excluding ortho intramolecular Hbond substituents is 2. The monoisotopic (exact) mass is 748 g/mol. The first-order valence-electron chi connectivity index (χ1n) is 13.2. The Labute approximate surface area is 280 Å². The predicted molar refractivity (Wildman–Crippen MR) is 173 cm³/mol. The third kappa shape index (κ3) is 7.24. The average molecular weight is 749 g/mol. The van der Waals surface area contributed by atoms with Gasteiger partial charge in [-0.25, -0.2) is 9.59 Å². The second-order valence-corrected chi connectivity index (χ2v) is 14.4. The molecule has 0 aliphatic carbocycles. The smallest absolute Gasteiger partial charge is 0.339 e. The molecule has 0 bridgehead atoms. The van der Waals surface area contributed by atoms with E-state index in [1.165, 1.54) is 36.4 Å². The standard InChI is InChI=1S/C28H20N4O15S3/c33-21-11-17(48(39,40)41)7-12-5-14(1-3-18(12)21)29-28(38)30-15-2-4-19-13(6-15)8-22(49(42,43)44)24(26(19)35)32-31-16-9-20(27(36)37)25(34)23(10-16)50(45,46)47/h1-11,33-35H,(H,36,37)(H2,29,30,38)(H,39,40,41)(H,42,43,44)(H,45,46,47). The maximum Gasteiger partial charge on any atom is 0.339 e. The number of carbonyl (C=O) groups excluding carboxylic acids is 1. The summed E-state index contributed by atoms with van der Waals surface area (Å²) in [5, 5.41) is 52.4. The Hall–Kier alpha value is -5.91. The molecular weight excluding hydrogens is 729 g/mol. The third-order valence-corrected chi connectivity index (χ3v) is 9.45. The second-order valence-electron chi connectivity index (χ2n) is 10.2. The molecule has 0 unspecified atom stereocenters. The third-order valence-electron chi connectivity index (χ3n) is 6.88. The molecule has 260 valence electrons. The largest absolute Gasteiger partial charge is 0.507 e. The molecule has 0 aliphatic heterocycles. The summed E-state index contributed by atoms with van der Waals surface area (Å²) in [5.41, 5.74) is -2.39. The van der Waals surface area contributed by atoms with Gasteiger partial charge in [0, 0.05) is 28.2 Å². The Balaban J connectivity index is 1.48. The molecular formula is C28H20N4O15S3. The van der Waals surface area contributed by atoms with Crippen LogP contribution in [0.25, 0.3) is 21.5 Å². The van der Waals surface area contributed by atoms with Gasteiger partial charge in [0.15, 0.2) is 11.5 Å². The van der Waals surface area contributed by atoms with Crippen LogP contribution in [0.4, 0.5) is 27.5 Å². The van der Waals surface area contributed by atoms with Crippen LogP contribution in [0.15, 0.2) is 91.6 Å². The van der Waals surface area contributed by atoms with Gasteiger partial charge in [-0.05, 0) is 71.4 Å². The number of rotatable bonds is 8. The van der Waals surface area contributed by atoms with Gasteiger partial charge in [0.2, 0.25) is 0 Å². The number of amides is 2. The fourth-order valence-electron chi connectivity index (χ4n) is 4.68. The van der Waals surface area contributed by atoms with E-state index in [0.29, 0.717) is 12.1 Å². The topological polar surface area (TPSA) is 327 Å². The van der Waals surface area contributed by atoms with Gasteiger partial charge in [0.1, 0.15) is 26.8 Å². The van der Waals surface area contributed by atoms with E-state index in [1.807, 2.05) is 0 Å². The number of fused-ring (bicyclic) bond motifs is 2. The minimum absolute atomic E-state index is 0.0280. The summed E-state index contributed by atoms with van der Waals surface area (Å²) in [6, 6.07) is 10.8. The number of carbonyl (C=O) groups is 2. The van der Waals surface area contributed by atoms with Crippen LogP contribution in [0, 0.1) is 0 Å². The Morgan fingerprint density at radius 1 is 0.600 bits per heavy atom. The molecule has 0 spiro atoms. The molecule has 0 saturated carbocycles. The lowest BCUT2D eigenvalue weighted by atomic mass is 10.1. The zero-order chi connectivity index (χ0) is 36.9. The summed E-state index contributed by atoms with van der Waals surface area (Å²) in [6.07, 6.45) is 0. The van der Waals surface area contributed by atoms with Gasteiger partial charge in [-0.15, -0.1) is 5.11 Å². The van der Waals surface area contributed by atoms with Crippen molar-refractivity contribution in [2.75, 3.05) is 10.6 Å². The van der Waals surface area contributed by atoms with Crippen LogP contribution in [0.5, 0.6) is 17.2 Å². The second kappa shape index (κ2) is 12.5. The molecule has 5 aromatic carbocycles. The number of carboxylic acid groups (broad SMARTS) is 1. The fourth-order valence-corrected chi connectivity index (χ4v) is 6.50. The number of benzene rings is 5. The van der Waals surface area contributed by atoms with Crippen molar-refractivity contribution in [3.05, 3.63) is 72.3 Å². The number of hydrogen-bond donors (Lipinski definition) is 9. The van der Waals surface area contributed by atoms with Crippen molar-refractivity contribution >= 4 is 86.6 Å². The van der Waals surface area contributed by atoms with Gasteiger partial charge in [0.25, 0.3) is 30.4 Å². The normalized spacial score (nSPS) is 12.4. The van der Waals surface area contributed by atoms with Crippen molar-refractivity contribution < 1.29 is 68.9 Å². The van der Waals surface area contributed by atoms with E-state index in [0.717, 1.165) is 18.2 Å². The highest BCUT2D eigenvalue weighted by molar-refractivity contribution is 7.86. The summed E-state index contributed by atoms with van der Waals surface area (Å²) < 4.78 is 99.4. The number of phenols is 3. The van der Waals surface area contributed by atoms with Crippen LogP contribution in [0.3, 0.4) is 0 Å². The lowest BCUT2D eigenvalue weighted by Crippen LogP contribution is -2.19. The zero-order valence-corrected chi connectivity index (χ0v) is 26.8. The first-order valence-corrected chi connectivity index (χ1v) is 17.5. The van der Waals surface area contributed by atoms with E-state index in [-0.39, 0.29) is 32.9 Å². The Bertz CT molecular complexity index is 2660. The zero-order valence-electron chi connectivity index (χ0n) is 24.4. The van der Waals surface area contributed by atoms with Crippen LogP contribution < -0.4 is 10.6 Å². The molecule has 0 aliphatic rings. The number of urea groups is 1. The summed E-state index contributed by atoms with van der Waals surface area (Å²) in [6.45, 7) is 0. The molecule has 19 nitrogen and oxygen atoms in total. The van der Waals surface area contributed by atoms with Crippen LogP contribution in [0.1, 0.15) is 10.4 Å². The lowest BCUT2D eigenvalue weighted by molar-refractivity contribution is 0.0693. The summed E-state index contributed by atoms with van der Waals surface area (Å²) in [5.74, 6) is -4.48. The van der Waals surface area contributed by atoms with E-state index < -0.39 is 91.2 Å². The highest BCUT2D eigenvalue weighted by atomic mass is 32.2. The Morgan fingerprint density at radius 2 is 1.16 bits per heavy atom. The van der Waals surface area contributed by atoms with Crippen LogP contribution in [-0.2, 0) is 30.4 Å². The van der Waals surface area contributed by atoms with Crippen molar-refractivity contribution in [2.24, 2.45) is 10.2 Å². The number of nitrogens with one attached hydrogen (secondary N) is 2. The van der Waals surface area contributed by atoms with Gasteiger partial charge in [-0.1, -0.05) is 0 Å². The molecule has 9 N–H and O–H groups in total. The maximum absolute atomic E-state index is 12.8. The number of azo groups is 1. The minimum atomic E-state index is -5.18. The van der Waals surface area contributed by atoms with Crippen molar-refractivity contribution in [3.8, 4) is 17.2 Å². The molecule has 0 fully saturated rings. The highest BCUT2D eigenvalue weighted by Crippen LogP contribution is 2.42. The number of carboxylic acids is 1. The molecule has 5 rings (SSSR count).